The van der Waals surface area contributed by atoms with Crippen LogP contribution in [0.5, 0.6) is 11.5 Å². The SMILES string of the molecule is CC(C#N)(c1cccc(CCC(=O)O)c1)c1cnc(-c2cc(Oc3c(F)cc4[nH]ccc4c3CC(F)(F)F)ccc2F)[nH]1. The van der Waals surface area contributed by atoms with Gasteiger partial charge in [-0.05, 0) is 48.7 Å². The lowest BCUT2D eigenvalue weighted by Crippen LogP contribution is -2.22. The van der Waals surface area contributed by atoms with Crippen molar-refractivity contribution in [3.8, 4) is 29.0 Å². The highest BCUT2D eigenvalue weighted by atomic mass is 19.4. The molecule has 0 aliphatic carbocycles. The molecule has 1 unspecified atom stereocenters. The number of halogens is 5. The van der Waals surface area contributed by atoms with E-state index < -0.39 is 46.9 Å². The maximum absolute atomic E-state index is 15.0. The molecule has 0 amide bonds. The minimum absolute atomic E-state index is 0.00136. The molecule has 0 aliphatic rings. The summed E-state index contributed by atoms with van der Waals surface area (Å²) in [4.78, 5) is 20.8. The summed E-state index contributed by atoms with van der Waals surface area (Å²) in [6.45, 7) is 1.62. The van der Waals surface area contributed by atoms with Gasteiger partial charge in [0.05, 0.1) is 29.9 Å². The van der Waals surface area contributed by atoms with Crippen LogP contribution in [0.1, 0.15) is 35.7 Å². The predicted molar refractivity (Wildman–Crippen MR) is 147 cm³/mol. The largest absolute Gasteiger partial charge is 0.481 e. The lowest BCUT2D eigenvalue weighted by atomic mass is 9.80. The third-order valence-electron chi connectivity index (χ3n) is 7.13. The Kier molecular flexibility index (Phi) is 7.67. The van der Waals surface area contributed by atoms with Crippen LogP contribution >= 0.6 is 0 Å². The summed E-state index contributed by atoms with van der Waals surface area (Å²) >= 11 is 0. The molecule has 3 N–H and O–H groups in total. The minimum atomic E-state index is -4.65. The number of nitrogens with one attached hydrogen (secondary N) is 2. The molecule has 3 aromatic carbocycles. The first-order valence-corrected chi connectivity index (χ1v) is 13.0. The Balaban J connectivity index is 1.49. The molecule has 0 fully saturated rings. The molecule has 2 aromatic heterocycles. The highest BCUT2D eigenvalue weighted by Gasteiger charge is 2.33. The molecule has 0 saturated carbocycles. The van der Waals surface area contributed by atoms with Crippen molar-refractivity contribution < 1.29 is 36.6 Å². The van der Waals surface area contributed by atoms with E-state index in [0.29, 0.717) is 16.8 Å². The number of H-pyrrole nitrogens is 2. The third-order valence-corrected chi connectivity index (χ3v) is 7.13. The van der Waals surface area contributed by atoms with E-state index >= 15 is 4.39 Å². The quantitative estimate of drug-likeness (QED) is 0.152. The number of aliphatic carboxylic acids is 1. The average Bonchev–Trinajstić information content (AvgIpc) is 3.64. The first-order chi connectivity index (χ1) is 20.4. The van der Waals surface area contributed by atoms with E-state index in [1.54, 1.807) is 31.2 Å². The van der Waals surface area contributed by atoms with Crippen molar-refractivity contribution in [2.24, 2.45) is 0 Å². The summed E-state index contributed by atoms with van der Waals surface area (Å²) in [6.07, 6.45) is -3.18. The number of nitriles is 1. The zero-order valence-electron chi connectivity index (χ0n) is 22.5. The second-order valence-electron chi connectivity index (χ2n) is 10.1. The number of fused-ring (bicyclic) bond motifs is 1. The molecule has 0 saturated heterocycles. The second-order valence-corrected chi connectivity index (χ2v) is 10.1. The molecule has 220 valence electrons. The van der Waals surface area contributed by atoms with Crippen LogP contribution in [0.4, 0.5) is 22.0 Å². The molecule has 0 spiro atoms. The number of carbonyl (C=O) groups is 1. The molecule has 0 radical (unpaired) electrons. The standard InChI is InChI=1S/C31H23F5N4O3/c1-30(16-37,18-4-2-3-17(11-18)5-8-27(41)42)26-15-39-29(40-26)21-12-19(6-7-23(21)32)43-28-22(14-31(34,35)36)20-9-10-38-25(20)13-24(28)33/h2-4,6-7,9-13,15,38H,5,8,14H2,1H3,(H,39,40)(H,41,42). The maximum Gasteiger partial charge on any atom is 0.393 e. The summed E-state index contributed by atoms with van der Waals surface area (Å²) in [5.41, 5.74) is -0.0746. The number of nitrogens with zero attached hydrogens (tertiary/aromatic N) is 2. The zero-order valence-corrected chi connectivity index (χ0v) is 22.5. The van der Waals surface area contributed by atoms with Gasteiger partial charge in [0.1, 0.15) is 22.8 Å². The molecule has 0 aliphatic heterocycles. The minimum Gasteiger partial charge on any atom is -0.481 e. The Hall–Kier alpha value is -5.18. The van der Waals surface area contributed by atoms with Crippen LogP contribution in [0.2, 0.25) is 0 Å². The average molecular weight is 595 g/mol. The summed E-state index contributed by atoms with van der Waals surface area (Å²) < 4.78 is 75.8. The molecular formula is C31H23F5N4O3. The van der Waals surface area contributed by atoms with Gasteiger partial charge in [0.2, 0.25) is 0 Å². The van der Waals surface area contributed by atoms with E-state index in [0.717, 1.165) is 18.2 Å². The van der Waals surface area contributed by atoms with Crippen molar-refractivity contribution in [3.63, 3.8) is 0 Å². The lowest BCUT2D eigenvalue weighted by molar-refractivity contribution is -0.137. The predicted octanol–water partition coefficient (Wildman–Crippen LogP) is 7.58. The normalized spacial score (nSPS) is 13.0. The van der Waals surface area contributed by atoms with Crippen LogP contribution in [-0.2, 0) is 23.1 Å². The van der Waals surface area contributed by atoms with Gasteiger partial charge in [0.25, 0.3) is 0 Å². The fraction of sp³-hybridized carbons (Fsp3) is 0.194. The molecule has 5 rings (SSSR count). The highest BCUT2D eigenvalue weighted by Crippen LogP contribution is 2.39. The summed E-state index contributed by atoms with van der Waals surface area (Å²) in [5, 5.41) is 19.3. The van der Waals surface area contributed by atoms with Gasteiger partial charge < -0.3 is 19.8 Å². The number of benzene rings is 3. The topological polar surface area (TPSA) is 115 Å². The first kappa shape index (κ1) is 29.3. The monoisotopic (exact) mass is 594 g/mol. The Morgan fingerprint density at radius 2 is 1.88 bits per heavy atom. The van der Waals surface area contributed by atoms with Gasteiger partial charge in [-0.1, -0.05) is 24.3 Å². The van der Waals surface area contributed by atoms with Crippen molar-refractivity contribution in [3.05, 3.63) is 101 Å². The van der Waals surface area contributed by atoms with Gasteiger partial charge in [0.15, 0.2) is 11.6 Å². The van der Waals surface area contributed by atoms with Gasteiger partial charge in [-0.25, -0.2) is 13.8 Å². The van der Waals surface area contributed by atoms with E-state index in [1.807, 2.05) is 0 Å². The highest BCUT2D eigenvalue weighted by molar-refractivity contribution is 5.85. The summed E-state index contributed by atoms with van der Waals surface area (Å²) in [7, 11) is 0. The van der Waals surface area contributed by atoms with Gasteiger partial charge in [-0.15, -0.1) is 0 Å². The zero-order chi connectivity index (χ0) is 30.9. The number of rotatable bonds is 9. The van der Waals surface area contributed by atoms with Gasteiger partial charge >= 0.3 is 12.1 Å². The van der Waals surface area contributed by atoms with Crippen molar-refractivity contribution in [2.75, 3.05) is 0 Å². The number of carboxylic acid groups (broad SMARTS) is 1. The molecule has 43 heavy (non-hydrogen) atoms. The molecule has 7 nitrogen and oxygen atoms in total. The van der Waals surface area contributed by atoms with E-state index in [-0.39, 0.29) is 40.9 Å². The Morgan fingerprint density at radius 1 is 1.09 bits per heavy atom. The number of ether oxygens (including phenoxy) is 1. The van der Waals surface area contributed by atoms with Crippen molar-refractivity contribution in [1.29, 1.82) is 5.26 Å². The second kappa shape index (κ2) is 11.2. The maximum atomic E-state index is 15.0. The van der Waals surface area contributed by atoms with Crippen LogP contribution < -0.4 is 4.74 Å². The summed E-state index contributed by atoms with van der Waals surface area (Å²) in [5.74, 6) is -3.51. The number of aromatic amines is 2. The molecule has 2 heterocycles. The van der Waals surface area contributed by atoms with E-state index in [2.05, 4.69) is 21.0 Å². The van der Waals surface area contributed by atoms with Crippen molar-refractivity contribution in [1.82, 2.24) is 15.0 Å². The van der Waals surface area contributed by atoms with Gasteiger partial charge in [-0.3, -0.25) is 4.79 Å². The van der Waals surface area contributed by atoms with E-state index in [9.17, 15) is 27.6 Å². The lowest BCUT2D eigenvalue weighted by Gasteiger charge is -2.21. The molecular weight excluding hydrogens is 571 g/mol. The molecule has 0 bridgehead atoms. The Bertz CT molecular complexity index is 1870. The van der Waals surface area contributed by atoms with Crippen LogP contribution in [0.25, 0.3) is 22.3 Å². The number of aromatic nitrogens is 3. The number of alkyl halides is 3. The molecule has 5 aromatic rings. The fourth-order valence-corrected chi connectivity index (χ4v) is 4.86. The summed E-state index contributed by atoms with van der Waals surface area (Å²) in [6, 6.07) is 14.9. The van der Waals surface area contributed by atoms with E-state index in [4.69, 9.17) is 9.84 Å². The fourth-order valence-electron chi connectivity index (χ4n) is 4.86. The van der Waals surface area contributed by atoms with Crippen LogP contribution in [0.15, 0.2) is 67.0 Å². The van der Waals surface area contributed by atoms with Crippen LogP contribution in [-0.4, -0.2) is 32.2 Å². The number of aryl methyl sites for hydroxylation is 1. The van der Waals surface area contributed by atoms with Crippen LogP contribution in [0, 0.1) is 23.0 Å². The molecule has 12 heteroatoms. The smallest absolute Gasteiger partial charge is 0.393 e. The van der Waals surface area contributed by atoms with Crippen molar-refractivity contribution >= 4 is 16.9 Å². The van der Waals surface area contributed by atoms with Crippen LogP contribution in [0.3, 0.4) is 0 Å². The molecule has 1 atom stereocenters. The third kappa shape index (κ3) is 6.06. The number of hydrogen-bond donors (Lipinski definition) is 3. The number of imidazole rings is 1. The van der Waals surface area contributed by atoms with Gasteiger partial charge in [0, 0.05) is 35.2 Å². The number of carboxylic acids is 1. The van der Waals surface area contributed by atoms with Crippen molar-refractivity contribution in [2.45, 2.75) is 37.8 Å². The Morgan fingerprint density at radius 3 is 2.60 bits per heavy atom. The first-order valence-electron chi connectivity index (χ1n) is 13.0. The Labute approximate surface area is 241 Å². The van der Waals surface area contributed by atoms with E-state index in [1.165, 1.54) is 24.5 Å². The number of hydrogen-bond acceptors (Lipinski definition) is 4. The van der Waals surface area contributed by atoms with Gasteiger partial charge in [-0.2, -0.15) is 18.4 Å².